The molecule has 1 aliphatic rings. The maximum atomic E-state index is 11.7. The zero-order valence-corrected chi connectivity index (χ0v) is 9.67. The lowest BCUT2D eigenvalue weighted by Crippen LogP contribution is -2.17. The highest BCUT2D eigenvalue weighted by atomic mass is 16.1. The van der Waals surface area contributed by atoms with Crippen LogP contribution in [0.3, 0.4) is 0 Å². The van der Waals surface area contributed by atoms with E-state index in [2.05, 4.69) is 30.3 Å². The van der Waals surface area contributed by atoms with Crippen LogP contribution in [0, 0.1) is 0 Å². The lowest BCUT2D eigenvalue weighted by atomic mass is 9.95. The Morgan fingerprint density at radius 3 is 2.71 bits per heavy atom. The van der Waals surface area contributed by atoms with Gasteiger partial charge in [0.15, 0.2) is 0 Å². The molecule has 0 bridgehead atoms. The molecular formula is C15H15NO. The summed E-state index contributed by atoms with van der Waals surface area (Å²) in [7, 11) is 0. The summed E-state index contributed by atoms with van der Waals surface area (Å²) in [6.07, 6.45) is 2.11. The first-order chi connectivity index (χ1) is 8.34. The molecular weight excluding hydrogens is 210 g/mol. The number of hydrogen-bond donors (Lipinski definition) is 0. The molecule has 2 heterocycles. The largest absolute Gasteiger partial charge is 0.312 e. The Balaban J connectivity index is 1.90. The highest BCUT2D eigenvalue weighted by Gasteiger charge is 2.22. The molecule has 0 N–H and O–H groups in total. The lowest BCUT2D eigenvalue weighted by molar-refractivity contribution is 0.656. The molecule has 2 aromatic rings. The molecule has 1 aromatic heterocycles. The van der Waals surface area contributed by atoms with Crippen LogP contribution in [0.15, 0.2) is 53.3 Å². The van der Waals surface area contributed by atoms with Crippen LogP contribution in [0.4, 0.5) is 0 Å². The van der Waals surface area contributed by atoms with Gasteiger partial charge in [0.05, 0.1) is 0 Å². The molecule has 2 heteroatoms. The van der Waals surface area contributed by atoms with Gasteiger partial charge in [0.25, 0.3) is 5.56 Å². The summed E-state index contributed by atoms with van der Waals surface area (Å²) in [5.41, 5.74) is 2.68. The second kappa shape index (κ2) is 4.21. The molecule has 86 valence electrons. The number of hydrogen-bond acceptors (Lipinski definition) is 1. The van der Waals surface area contributed by atoms with Gasteiger partial charge >= 0.3 is 0 Å². The van der Waals surface area contributed by atoms with Gasteiger partial charge in [0.2, 0.25) is 0 Å². The monoisotopic (exact) mass is 225 g/mol. The molecule has 0 saturated carbocycles. The molecule has 1 aromatic carbocycles. The van der Waals surface area contributed by atoms with Crippen molar-refractivity contribution in [2.24, 2.45) is 0 Å². The van der Waals surface area contributed by atoms with Gasteiger partial charge in [-0.2, -0.15) is 0 Å². The minimum absolute atomic E-state index is 0.137. The average Bonchev–Trinajstić information content (AvgIpc) is 2.76. The SMILES string of the molecule is O=c1cccc2n1CCC2Cc1ccccc1. The van der Waals surface area contributed by atoms with E-state index in [4.69, 9.17) is 0 Å². The molecule has 0 fully saturated rings. The van der Waals surface area contributed by atoms with E-state index in [1.165, 1.54) is 11.3 Å². The molecule has 2 nitrogen and oxygen atoms in total. The van der Waals surface area contributed by atoms with E-state index in [-0.39, 0.29) is 5.56 Å². The Labute approximate surface area is 101 Å². The van der Waals surface area contributed by atoms with Crippen molar-refractivity contribution in [1.82, 2.24) is 4.57 Å². The number of fused-ring (bicyclic) bond motifs is 1. The fourth-order valence-electron chi connectivity index (χ4n) is 2.67. The van der Waals surface area contributed by atoms with E-state index >= 15 is 0 Å². The van der Waals surface area contributed by atoms with Crippen LogP contribution in [0.5, 0.6) is 0 Å². The fourth-order valence-corrected chi connectivity index (χ4v) is 2.67. The third-order valence-corrected chi connectivity index (χ3v) is 3.53. The Morgan fingerprint density at radius 2 is 1.88 bits per heavy atom. The van der Waals surface area contributed by atoms with Gasteiger partial charge in [0.1, 0.15) is 0 Å². The molecule has 0 saturated heterocycles. The van der Waals surface area contributed by atoms with Crippen molar-refractivity contribution in [2.45, 2.75) is 25.3 Å². The number of pyridine rings is 1. The molecule has 0 spiro atoms. The van der Waals surface area contributed by atoms with Crippen molar-refractivity contribution < 1.29 is 0 Å². The van der Waals surface area contributed by atoms with Crippen LogP contribution in [0.1, 0.15) is 23.6 Å². The highest BCUT2D eigenvalue weighted by molar-refractivity contribution is 5.22. The van der Waals surface area contributed by atoms with Crippen molar-refractivity contribution in [1.29, 1.82) is 0 Å². The van der Waals surface area contributed by atoms with Crippen LogP contribution >= 0.6 is 0 Å². The minimum atomic E-state index is 0.137. The Hall–Kier alpha value is -1.83. The van der Waals surface area contributed by atoms with Gasteiger partial charge in [-0.15, -0.1) is 0 Å². The highest BCUT2D eigenvalue weighted by Crippen LogP contribution is 2.29. The lowest BCUT2D eigenvalue weighted by Gasteiger charge is -2.10. The molecule has 1 unspecified atom stereocenters. The van der Waals surface area contributed by atoms with Crippen LogP contribution < -0.4 is 5.56 Å². The molecule has 0 radical (unpaired) electrons. The van der Waals surface area contributed by atoms with Crippen LogP contribution in [-0.4, -0.2) is 4.57 Å². The first-order valence-electron chi connectivity index (χ1n) is 6.08. The molecule has 0 aliphatic carbocycles. The van der Waals surface area contributed by atoms with E-state index in [0.29, 0.717) is 5.92 Å². The van der Waals surface area contributed by atoms with Gasteiger partial charge in [-0.3, -0.25) is 4.79 Å². The Morgan fingerprint density at radius 1 is 1.06 bits per heavy atom. The van der Waals surface area contributed by atoms with E-state index in [1.54, 1.807) is 6.07 Å². The van der Waals surface area contributed by atoms with E-state index < -0.39 is 0 Å². The van der Waals surface area contributed by atoms with Crippen molar-refractivity contribution in [2.75, 3.05) is 0 Å². The number of benzene rings is 1. The second-order valence-corrected chi connectivity index (χ2v) is 4.62. The van der Waals surface area contributed by atoms with Gasteiger partial charge < -0.3 is 4.57 Å². The first kappa shape index (κ1) is 10.3. The Kier molecular flexibility index (Phi) is 2.56. The summed E-state index contributed by atoms with van der Waals surface area (Å²) in [6, 6.07) is 16.1. The quantitative estimate of drug-likeness (QED) is 0.770. The number of rotatable bonds is 2. The van der Waals surface area contributed by atoms with Crippen LogP contribution in [-0.2, 0) is 13.0 Å². The summed E-state index contributed by atoms with van der Waals surface area (Å²) in [4.78, 5) is 11.7. The summed E-state index contributed by atoms with van der Waals surface area (Å²) in [5.74, 6) is 0.492. The van der Waals surface area contributed by atoms with Gasteiger partial charge in [-0.05, 0) is 24.5 Å². The zero-order chi connectivity index (χ0) is 11.7. The first-order valence-corrected chi connectivity index (χ1v) is 6.08. The summed E-state index contributed by atoms with van der Waals surface area (Å²) in [5, 5.41) is 0. The van der Waals surface area contributed by atoms with Gasteiger partial charge in [0, 0.05) is 24.2 Å². The summed E-state index contributed by atoms with van der Waals surface area (Å²) < 4.78 is 1.91. The predicted octanol–water partition coefficient (Wildman–Crippen LogP) is 2.58. The Bertz CT molecular complexity index is 571. The maximum absolute atomic E-state index is 11.7. The average molecular weight is 225 g/mol. The minimum Gasteiger partial charge on any atom is -0.312 e. The standard InChI is InChI=1S/C15H15NO/c17-15-8-4-7-14-13(9-10-16(14)15)11-12-5-2-1-3-6-12/h1-8,13H,9-11H2. The van der Waals surface area contributed by atoms with Gasteiger partial charge in [-0.1, -0.05) is 36.4 Å². The van der Waals surface area contributed by atoms with Gasteiger partial charge in [-0.25, -0.2) is 0 Å². The topological polar surface area (TPSA) is 22.0 Å². The van der Waals surface area contributed by atoms with E-state index in [9.17, 15) is 4.79 Å². The fraction of sp³-hybridized carbons (Fsp3) is 0.267. The van der Waals surface area contributed by atoms with E-state index in [1.807, 2.05) is 16.7 Å². The molecule has 17 heavy (non-hydrogen) atoms. The summed E-state index contributed by atoms with van der Waals surface area (Å²) >= 11 is 0. The number of nitrogens with zero attached hydrogens (tertiary/aromatic N) is 1. The van der Waals surface area contributed by atoms with Crippen LogP contribution in [0.2, 0.25) is 0 Å². The van der Waals surface area contributed by atoms with Crippen LogP contribution in [0.25, 0.3) is 0 Å². The van der Waals surface area contributed by atoms with E-state index in [0.717, 1.165) is 19.4 Å². The molecule has 3 rings (SSSR count). The molecule has 0 amide bonds. The van der Waals surface area contributed by atoms with Crippen molar-refractivity contribution in [3.05, 3.63) is 70.1 Å². The second-order valence-electron chi connectivity index (χ2n) is 4.62. The zero-order valence-electron chi connectivity index (χ0n) is 9.67. The van der Waals surface area contributed by atoms with Crippen molar-refractivity contribution in [3.8, 4) is 0 Å². The summed E-state index contributed by atoms with van der Waals surface area (Å²) in [6.45, 7) is 0.868. The van der Waals surface area contributed by atoms with Crippen molar-refractivity contribution in [3.63, 3.8) is 0 Å². The van der Waals surface area contributed by atoms with Crippen molar-refractivity contribution >= 4 is 0 Å². The third-order valence-electron chi connectivity index (χ3n) is 3.53. The molecule has 1 atom stereocenters. The normalized spacial score (nSPS) is 18.0. The maximum Gasteiger partial charge on any atom is 0.250 e. The smallest absolute Gasteiger partial charge is 0.250 e. The third kappa shape index (κ3) is 1.91. The predicted molar refractivity (Wildman–Crippen MR) is 68.2 cm³/mol. The number of aromatic nitrogens is 1. The molecule has 1 aliphatic heterocycles.